The zero-order valence-corrected chi connectivity index (χ0v) is 18.1. The van der Waals surface area contributed by atoms with Crippen LogP contribution in [-0.2, 0) is 17.9 Å². The quantitative estimate of drug-likeness (QED) is 0.661. The van der Waals surface area contributed by atoms with Gasteiger partial charge in [0, 0.05) is 24.3 Å². The van der Waals surface area contributed by atoms with E-state index in [0.29, 0.717) is 30.9 Å². The predicted octanol–water partition coefficient (Wildman–Crippen LogP) is 3.53. The van der Waals surface area contributed by atoms with Crippen LogP contribution in [0.2, 0.25) is 0 Å². The van der Waals surface area contributed by atoms with E-state index in [1.807, 2.05) is 54.2 Å². The highest BCUT2D eigenvalue weighted by molar-refractivity contribution is 7.12. The maximum absolute atomic E-state index is 12.9. The van der Waals surface area contributed by atoms with Gasteiger partial charge in [-0.15, -0.1) is 11.3 Å². The zero-order valence-electron chi connectivity index (χ0n) is 17.3. The van der Waals surface area contributed by atoms with E-state index in [1.54, 1.807) is 4.90 Å². The molecule has 0 saturated carbocycles. The van der Waals surface area contributed by atoms with Gasteiger partial charge in [0.15, 0.2) is 0 Å². The Morgan fingerprint density at radius 3 is 2.70 bits per heavy atom. The molecule has 6 nitrogen and oxygen atoms in total. The van der Waals surface area contributed by atoms with E-state index in [2.05, 4.69) is 22.5 Å². The smallest absolute Gasteiger partial charge is 0.264 e. The lowest BCUT2D eigenvalue weighted by molar-refractivity contribution is -0.125. The van der Waals surface area contributed by atoms with Crippen LogP contribution in [0.1, 0.15) is 45.0 Å². The molecule has 1 unspecified atom stereocenters. The molecule has 1 aliphatic heterocycles. The number of rotatable bonds is 6. The van der Waals surface area contributed by atoms with Crippen LogP contribution in [0.3, 0.4) is 0 Å². The number of likely N-dealkylation sites (tertiary alicyclic amines) is 1. The van der Waals surface area contributed by atoms with Crippen molar-refractivity contribution in [2.75, 3.05) is 6.54 Å². The van der Waals surface area contributed by atoms with Crippen LogP contribution in [0, 0.1) is 13.8 Å². The van der Waals surface area contributed by atoms with Crippen molar-refractivity contribution in [2.24, 2.45) is 0 Å². The maximum Gasteiger partial charge on any atom is 0.264 e. The number of carbonyl (C=O) groups is 2. The maximum atomic E-state index is 12.9. The number of carbonyl (C=O) groups excluding carboxylic acids is 2. The fraction of sp³-hybridized carbons (Fsp3) is 0.348. The third kappa shape index (κ3) is 4.16. The average molecular weight is 423 g/mol. The summed E-state index contributed by atoms with van der Waals surface area (Å²) in [5.74, 6) is -0.141. The van der Waals surface area contributed by atoms with Crippen LogP contribution in [0.4, 0.5) is 0 Å². The highest BCUT2D eigenvalue weighted by atomic mass is 32.1. The molecule has 156 valence electrons. The molecule has 3 aromatic rings. The summed E-state index contributed by atoms with van der Waals surface area (Å²) in [4.78, 5) is 28.0. The number of nitrogens with zero attached hydrogens (tertiary/aromatic N) is 3. The van der Waals surface area contributed by atoms with E-state index >= 15 is 0 Å². The van der Waals surface area contributed by atoms with Gasteiger partial charge in [-0.05, 0) is 43.7 Å². The first-order chi connectivity index (χ1) is 14.5. The summed E-state index contributed by atoms with van der Waals surface area (Å²) in [7, 11) is 0. The lowest BCUT2D eigenvalue weighted by Crippen LogP contribution is -2.45. The Hall–Kier alpha value is -2.93. The second-order valence-corrected chi connectivity index (χ2v) is 8.59. The number of thiophene rings is 1. The molecular weight excluding hydrogens is 396 g/mol. The van der Waals surface area contributed by atoms with Crippen molar-refractivity contribution in [3.05, 3.63) is 75.2 Å². The van der Waals surface area contributed by atoms with Crippen molar-refractivity contribution in [3.8, 4) is 0 Å². The number of aromatic nitrogens is 2. The van der Waals surface area contributed by atoms with Crippen LogP contribution in [0.15, 0.2) is 47.8 Å². The summed E-state index contributed by atoms with van der Waals surface area (Å²) in [5, 5.41) is 9.59. The first-order valence-electron chi connectivity index (χ1n) is 10.2. The number of benzene rings is 1. The normalized spacial score (nSPS) is 16.1. The minimum absolute atomic E-state index is 0.0503. The summed E-state index contributed by atoms with van der Waals surface area (Å²) >= 11 is 1.42. The molecule has 1 N–H and O–H groups in total. The molecule has 3 heterocycles. The predicted molar refractivity (Wildman–Crippen MR) is 117 cm³/mol. The van der Waals surface area contributed by atoms with Gasteiger partial charge in [-0.1, -0.05) is 36.4 Å². The van der Waals surface area contributed by atoms with Gasteiger partial charge in [0.1, 0.15) is 6.04 Å². The summed E-state index contributed by atoms with van der Waals surface area (Å²) in [5.41, 5.74) is 4.19. The highest BCUT2D eigenvalue weighted by Gasteiger charge is 2.34. The van der Waals surface area contributed by atoms with Gasteiger partial charge in [0.25, 0.3) is 5.91 Å². The lowest BCUT2D eigenvalue weighted by atomic mass is 10.1. The van der Waals surface area contributed by atoms with Gasteiger partial charge in [-0.3, -0.25) is 14.3 Å². The second kappa shape index (κ2) is 8.83. The molecule has 0 bridgehead atoms. The minimum atomic E-state index is -0.403. The fourth-order valence-electron chi connectivity index (χ4n) is 4.02. The SMILES string of the molecule is Cc1nn(Cc2ccccc2)c(C)c1CNC(=O)C1CCCN1C(=O)c1cccs1. The van der Waals surface area contributed by atoms with Crippen LogP contribution >= 0.6 is 11.3 Å². The lowest BCUT2D eigenvalue weighted by Gasteiger charge is -2.23. The van der Waals surface area contributed by atoms with Gasteiger partial charge in [-0.2, -0.15) is 5.10 Å². The number of aryl methyl sites for hydroxylation is 1. The first-order valence-corrected chi connectivity index (χ1v) is 11.1. The van der Waals surface area contributed by atoms with E-state index in [0.717, 1.165) is 23.4 Å². The van der Waals surface area contributed by atoms with Crippen molar-refractivity contribution >= 4 is 23.2 Å². The Morgan fingerprint density at radius 1 is 1.17 bits per heavy atom. The second-order valence-electron chi connectivity index (χ2n) is 7.64. The van der Waals surface area contributed by atoms with Gasteiger partial charge >= 0.3 is 0 Å². The third-order valence-corrected chi connectivity index (χ3v) is 6.55. The van der Waals surface area contributed by atoms with Crippen molar-refractivity contribution < 1.29 is 9.59 Å². The van der Waals surface area contributed by atoms with Crippen molar-refractivity contribution in [1.29, 1.82) is 0 Å². The van der Waals surface area contributed by atoms with Crippen molar-refractivity contribution in [3.63, 3.8) is 0 Å². The molecule has 0 aliphatic carbocycles. The van der Waals surface area contributed by atoms with E-state index in [4.69, 9.17) is 0 Å². The Balaban J connectivity index is 1.42. The van der Waals surface area contributed by atoms with Crippen LogP contribution in [0.5, 0.6) is 0 Å². The zero-order chi connectivity index (χ0) is 21.1. The number of hydrogen-bond acceptors (Lipinski definition) is 4. The monoisotopic (exact) mass is 422 g/mol. The molecule has 1 aromatic carbocycles. The number of nitrogens with one attached hydrogen (secondary N) is 1. The Kier molecular flexibility index (Phi) is 5.99. The Bertz CT molecular complexity index is 1030. The van der Waals surface area contributed by atoms with Gasteiger partial charge in [0.05, 0.1) is 17.1 Å². The molecule has 0 radical (unpaired) electrons. The third-order valence-electron chi connectivity index (χ3n) is 5.69. The number of hydrogen-bond donors (Lipinski definition) is 1. The van der Waals surface area contributed by atoms with Crippen LogP contribution in [0.25, 0.3) is 0 Å². The van der Waals surface area contributed by atoms with Gasteiger partial charge in [0.2, 0.25) is 5.91 Å². The largest absolute Gasteiger partial charge is 0.350 e. The van der Waals surface area contributed by atoms with E-state index in [1.165, 1.54) is 16.9 Å². The van der Waals surface area contributed by atoms with Crippen LogP contribution in [-0.4, -0.2) is 39.1 Å². The molecular formula is C23H26N4O2S. The molecule has 1 fully saturated rings. The van der Waals surface area contributed by atoms with Crippen molar-refractivity contribution in [2.45, 2.75) is 45.8 Å². The average Bonchev–Trinajstić information content (AvgIpc) is 3.49. The van der Waals surface area contributed by atoms with Crippen LogP contribution < -0.4 is 5.32 Å². The summed E-state index contributed by atoms with van der Waals surface area (Å²) in [6.07, 6.45) is 1.55. The Morgan fingerprint density at radius 2 is 1.97 bits per heavy atom. The molecule has 7 heteroatoms. The molecule has 1 saturated heterocycles. The molecule has 2 aromatic heterocycles. The number of amides is 2. The summed E-state index contributed by atoms with van der Waals surface area (Å²) in [6, 6.07) is 13.5. The van der Waals surface area contributed by atoms with Gasteiger partial charge < -0.3 is 10.2 Å². The summed E-state index contributed by atoms with van der Waals surface area (Å²) < 4.78 is 1.98. The minimum Gasteiger partial charge on any atom is -0.350 e. The fourth-order valence-corrected chi connectivity index (χ4v) is 4.70. The van der Waals surface area contributed by atoms with E-state index < -0.39 is 6.04 Å². The Labute approximate surface area is 180 Å². The van der Waals surface area contributed by atoms with Gasteiger partial charge in [-0.25, -0.2) is 0 Å². The molecule has 1 aliphatic rings. The molecule has 0 spiro atoms. The molecule has 30 heavy (non-hydrogen) atoms. The topological polar surface area (TPSA) is 67.2 Å². The molecule has 2 amide bonds. The molecule has 1 atom stereocenters. The van der Waals surface area contributed by atoms with Crippen molar-refractivity contribution in [1.82, 2.24) is 20.0 Å². The highest BCUT2D eigenvalue weighted by Crippen LogP contribution is 2.23. The summed E-state index contributed by atoms with van der Waals surface area (Å²) in [6.45, 7) is 5.75. The standard InChI is InChI=1S/C23H26N4O2S/c1-16-19(17(2)27(25-16)15-18-8-4-3-5-9-18)14-24-22(28)20-10-6-12-26(20)23(29)21-11-7-13-30-21/h3-5,7-9,11,13,20H,6,10,12,14-15H2,1-2H3,(H,24,28). The van der Waals surface area contributed by atoms with E-state index in [9.17, 15) is 9.59 Å². The van der Waals surface area contributed by atoms with E-state index in [-0.39, 0.29) is 11.8 Å². The molecule has 4 rings (SSSR count). The first kappa shape index (κ1) is 20.3.